The largest absolute Gasteiger partial charge is 0.365 e. The van der Waals surface area contributed by atoms with E-state index in [0.717, 1.165) is 6.42 Å². The molecule has 1 N–H and O–H groups in total. The lowest BCUT2D eigenvalue weighted by Gasteiger charge is -2.43. The Balaban J connectivity index is 2.04. The molecule has 0 aromatic carbocycles. The molecule has 2 nitrogen and oxygen atoms in total. The number of hydrogen-bond donors (Lipinski definition) is 1. The van der Waals surface area contributed by atoms with Crippen molar-refractivity contribution in [2.24, 2.45) is 23.7 Å². The SMILES string of the molecule is C=C1C[C@@]2(O)O[C@@]3(CC2C(C)C)C(C)CC[C@@H]13. The molecule has 0 aromatic heterocycles. The van der Waals surface area contributed by atoms with Gasteiger partial charge in [0.15, 0.2) is 5.79 Å². The first-order chi connectivity index (χ1) is 7.89. The predicted octanol–water partition coefficient (Wildman–Crippen LogP) is 3.11. The summed E-state index contributed by atoms with van der Waals surface area (Å²) in [7, 11) is 0. The summed E-state index contributed by atoms with van der Waals surface area (Å²) in [6.07, 6.45) is 4.08. The molecule has 0 radical (unpaired) electrons. The average Bonchev–Trinajstić information content (AvgIpc) is 2.65. The third-order valence-electron chi connectivity index (χ3n) is 5.58. The summed E-state index contributed by atoms with van der Waals surface area (Å²) in [5.41, 5.74) is 1.13. The van der Waals surface area contributed by atoms with Crippen molar-refractivity contribution >= 4 is 0 Å². The van der Waals surface area contributed by atoms with E-state index >= 15 is 0 Å². The van der Waals surface area contributed by atoms with Crippen LogP contribution in [0.2, 0.25) is 0 Å². The van der Waals surface area contributed by atoms with Crippen LogP contribution in [0, 0.1) is 23.7 Å². The van der Waals surface area contributed by atoms with Crippen molar-refractivity contribution in [2.75, 3.05) is 0 Å². The summed E-state index contributed by atoms with van der Waals surface area (Å²) in [5, 5.41) is 10.8. The number of ether oxygens (including phenoxy) is 1. The Kier molecular flexibility index (Phi) is 2.32. The molecule has 17 heavy (non-hydrogen) atoms. The first-order valence-corrected chi connectivity index (χ1v) is 6.99. The van der Waals surface area contributed by atoms with Crippen LogP contribution in [0.4, 0.5) is 0 Å². The molecule has 3 aliphatic rings. The molecular formula is C15H24O2. The van der Waals surface area contributed by atoms with Crippen molar-refractivity contribution in [2.45, 2.75) is 57.8 Å². The highest BCUT2D eigenvalue weighted by Gasteiger charge is 2.66. The molecule has 3 fully saturated rings. The number of rotatable bonds is 1. The molecular weight excluding hydrogens is 212 g/mol. The monoisotopic (exact) mass is 236 g/mol. The molecule has 1 spiro atoms. The fourth-order valence-corrected chi connectivity index (χ4v) is 4.64. The van der Waals surface area contributed by atoms with Gasteiger partial charge in [-0.15, -0.1) is 0 Å². The zero-order valence-corrected chi connectivity index (χ0v) is 11.2. The Labute approximate surface area is 104 Å². The Hall–Kier alpha value is -0.340. The van der Waals surface area contributed by atoms with Gasteiger partial charge in [-0.2, -0.15) is 0 Å². The molecule has 96 valence electrons. The predicted molar refractivity (Wildman–Crippen MR) is 67.4 cm³/mol. The molecule has 0 amide bonds. The van der Waals surface area contributed by atoms with E-state index in [4.69, 9.17) is 4.74 Å². The van der Waals surface area contributed by atoms with Gasteiger partial charge in [-0.25, -0.2) is 0 Å². The van der Waals surface area contributed by atoms with Gasteiger partial charge in [0.1, 0.15) is 0 Å². The highest BCUT2D eigenvalue weighted by atomic mass is 16.6. The average molecular weight is 236 g/mol. The molecule has 3 rings (SSSR count). The zero-order chi connectivity index (χ0) is 12.4. The van der Waals surface area contributed by atoms with E-state index in [2.05, 4.69) is 27.4 Å². The van der Waals surface area contributed by atoms with Crippen LogP contribution in [0.15, 0.2) is 12.2 Å². The lowest BCUT2D eigenvalue weighted by molar-refractivity contribution is -0.269. The zero-order valence-electron chi connectivity index (χ0n) is 11.2. The minimum absolute atomic E-state index is 0.0982. The maximum Gasteiger partial charge on any atom is 0.173 e. The second-order valence-electron chi connectivity index (χ2n) is 6.82. The van der Waals surface area contributed by atoms with Crippen LogP contribution in [0.25, 0.3) is 0 Å². The molecule has 2 saturated heterocycles. The first-order valence-electron chi connectivity index (χ1n) is 6.99. The van der Waals surface area contributed by atoms with Crippen molar-refractivity contribution < 1.29 is 9.84 Å². The normalized spacial score (nSPS) is 53.2. The Morgan fingerprint density at radius 1 is 1.41 bits per heavy atom. The van der Waals surface area contributed by atoms with E-state index in [0.29, 0.717) is 24.2 Å². The molecule has 0 aromatic rings. The van der Waals surface area contributed by atoms with Crippen molar-refractivity contribution in [1.82, 2.24) is 0 Å². The van der Waals surface area contributed by atoms with Crippen LogP contribution in [0.5, 0.6) is 0 Å². The quantitative estimate of drug-likeness (QED) is 0.709. The van der Waals surface area contributed by atoms with Crippen molar-refractivity contribution in [3.63, 3.8) is 0 Å². The summed E-state index contributed by atoms with van der Waals surface area (Å²) < 4.78 is 6.25. The summed E-state index contributed by atoms with van der Waals surface area (Å²) >= 11 is 0. The molecule has 1 saturated carbocycles. The Bertz CT molecular complexity index is 362. The molecule has 2 unspecified atom stereocenters. The van der Waals surface area contributed by atoms with Crippen molar-refractivity contribution in [1.29, 1.82) is 0 Å². The second-order valence-corrected chi connectivity index (χ2v) is 6.82. The van der Waals surface area contributed by atoms with Gasteiger partial charge in [0.2, 0.25) is 0 Å². The van der Waals surface area contributed by atoms with Crippen LogP contribution in [-0.4, -0.2) is 16.5 Å². The fourth-order valence-electron chi connectivity index (χ4n) is 4.64. The minimum Gasteiger partial charge on any atom is -0.365 e. The summed E-state index contributed by atoms with van der Waals surface area (Å²) in [6.45, 7) is 10.9. The van der Waals surface area contributed by atoms with Gasteiger partial charge in [0.25, 0.3) is 0 Å². The van der Waals surface area contributed by atoms with Gasteiger partial charge < -0.3 is 9.84 Å². The van der Waals surface area contributed by atoms with Crippen LogP contribution >= 0.6 is 0 Å². The van der Waals surface area contributed by atoms with E-state index in [-0.39, 0.29) is 11.5 Å². The molecule has 1 aliphatic carbocycles. The van der Waals surface area contributed by atoms with Crippen LogP contribution in [0.3, 0.4) is 0 Å². The molecule has 2 bridgehead atoms. The highest BCUT2D eigenvalue weighted by Crippen LogP contribution is 2.63. The third kappa shape index (κ3) is 1.34. The van der Waals surface area contributed by atoms with E-state index in [1.54, 1.807) is 0 Å². The highest BCUT2D eigenvalue weighted by molar-refractivity contribution is 5.24. The number of fused-ring (bicyclic) bond motifs is 1. The summed E-state index contributed by atoms with van der Waals surface area (Å²) in [5.74, 6) is 0.852. The second kappa shape index (κ2) is 3.36. The van der Waals surface area contributed by atoms with E-state index < -0.39 is 5.79 Å². The Morgan fingerprint density at radius 3 is 2.76 bits per heavy atom. The van der Waals surface area contributed by atoms with Gasteiger partial charge in [-0.1, -0.05) is 32.9 Å². The van der Waals surface area contributed by atoms with Gasteiger partial charge in [-0.3, -0.25) is 0 Å². The maximum absolute atomic E-state index is 10.8. The van der Waals surface area contributed by atoms with E-state index in [1.165, 1.54) is 18.4 Å². The van der Waals surface area contributed by atoms with Crippen molar-refractivity contribution in [3.8, 4) is 0 Å². The summed E-state index contributed by atoms with van der Waals surface area (Å²) in [6, 6.07) is 0. The van der Waals surface area contributed by atoms with Crippen LogP contribution in [0.1, 0.15) is 46.5 Å². The topological polar surface area (TPSA) is 29.5 Å². The van der Waals surface area contributed by atoms with Crippen molar-refractivity contribution in [3.05, 3.63) is 12.2 Å². The lowest BCUT2D eigenvalue weighted by Crippen LogP contribution is -2.48. The van der Waals surface area contributed by atoms with Gasteiger partial charge >= 0.3 is 0 Å². The number of hydrogen-bond acceptors (Lipinski definition) is 2. The van der Waals surface area contributed by atoms with E-state index in [9.17, 15) is 5.11 Å². The fraction of sp³-hybridized carbons (Fsp3) is 0.867. The maximum atomic E-state index is 10.8. The van der Waals surface area contributed by atoms with E-state index in [1.807, 2.05) is 0 Å². The van der Waals surface area contributed by atoms with Crippen LogP contribution < -0.4 is 0 Å². The lowest BCUT2D eigenvalue weighted by atomic mass is 9.77. The first kappa shape index (κ1) is 11.7. The standard InChI is InChI=1S/C15H24O2/c1-9(2)13-8-14-11(4)5-6-12(14)10(3)7-15(13,16)17-14/h9,11-13,16H,3,5-8H2,1-2,4H3/t11?,12-,13?,14-,15+/m0/s1. The molecule has 5 atom stereocenters. The molecule has 2 aliphatic heterocycles. The number of aliphatic hydroxyl groups is 1. The smallest absolute Gasteiger partial charge is 0.173 e. The molecule has 2 heteroatoms. The van der Waals surface area contributed by atoms with Gasteiger partial charge in [-0.05, 0) is 31.1 Å². The third-order valence-corrected chi connectivity index (χ3v) is 5.58. The summed E-state index contributed by atoms with van der Waals surface area (Å²) in [4.78, 5) is 0. The van der Waals surface area contributed by atoms with Crippen LogP contribution in [-0.2, 0) is 4.74 Å². The molecule has 2 heterocycles. The van der Waals surface area contributed by atoms with Gasteiger partial charge in [0.05, 0.1) is 5.60 Å². The Morgan fingerprint density at radius 2 is 2.12 bits per heavy atom. The minimum atomic E-state index is -0.930. The van der Waals surface area contributed by atoms with Gasteiger partial charge in [0, 0.05) is 18.3 Å².